The number of hydrogen-bond donors (Lipinski definition) is 1. The molecular formula is C17H13ClF3N5O. The number of carbonyl (C=O) groups is 1. The van der Waals surface area contributed by atoms with Crippen LogP contribution in [0.2, 0.25) is 5.02 Å². The molecule has 140 valence electrons. The smallest absolute Gasteiger partial charge is 0.350 e. The van der Waals surface area contributed by atoms with E-state index < -0.39 is 11.9 Å². The fraction of sp³-hybridized carbons (Fsp3) is 0.176. The topological polar surface area (TPSA) is 72.7 Å². The molecule has 0 saturated heterocycles. The molecule has 2 aromatic heterocycles. The Balaban J connectivity index is 1.81. The van der Waals surface area contributed by atoms with E-state index in [1.165, 1.54) is 18.6 Å². The van der Waals surface area contributed by atoms with Crippen molar-refractivity contribution in [3.8, 4) is 5.69 Å². The van der Waals surface area contributed by atoms with Gasteiger partial charge >= 0.3 is 6.18 Å². The van der Waals surface area contributed by atoms with Crippen LogP contribution in [-0.4, -0.2) is 25.7 Å². The van der Waals surface area contributed by atoms with Gasteiger partial charge in [0.25, 0.3) is 0 Å². The Morgan fingerprint density at radius 3 is 2.70 bits per heavy atom. The van der Waals surface area contributed by atoms with Crippen molar-refractivity contribution >= 4 is 17.5 Å². The van der Waals surface area contributed by atoms with Gasteiger partial charge in [0.05, 0.1) is 30.0 Å². The highest BCUT2D eigenvalue weighted by Crippen LogP contribution is 2.30. The highest BCUT2D eigenvalue weighted by Gasteiger charge is 2.35. The van der Waals surface area contributed by atoms with E-state index in [1.807, 2.05) is 0 Å². The number of carbonyl (C=O) groups excluding carboxylic acids is 1. The molecule has 3 aromatic rings. The normalized spacial score (nSPS) is 11.4. The molecule has 0 atom stereocenters. The van der Waals surface area contributed by atoms with E-state index >= 15 is 0 Å². The van der Waals surface area contributed by atoms with Gasteiger partial charge in [-0.2, -0.15) is 18.3 Å². The molecule has 0 unspecified atom stereocenters. The Morgan fingerprint density at radius 2 is 2.04 bits per heavy atom. The molecule has 0 spiro atoms. The van der Waals surface area contributed by atoms with Crippen LogP contribution >= 0.6 is 11.6 Å². The second kappa shape index (κ2) is 7.75. The molecule has 0 fully saturated rings. The molecule has 0 aliphatic rings. The van der Waals surface area contributed by atoms with Crippen LogP contribution in [0.4, 0.5) is 13.2 Å². The average Bonchev–Trinajstić information content (AvgIpc) is 3.05. The molecule has 3 rings (SSSR count). The molecule has 0 radical (unpaired) electrons. The van der Waals surface area contributed by atoms with Crippen LogP contribution in [0, 0.1) is 0 Å². The molecule has 27 heavy (non-hydrogen) atoms. The molecule has 0 bridgehead atoms. The van der Waals surface area contributed by atoms with Crippen molar-refractivity contribution < 1.29 is 18.0 Å². The minimum atomic E-state index is -4.61. The zero-order valence-corrected chi connectivity index (χ0v) is 14.5. The first-order valence-electron chi connectivity index (χ1n) is 7.76. The number of benzene rings is 1. The number of rotatable bonds is 5. The fourth-order valence-electron chi connectivity index (χ4n) is 2.35. The Morgan fingerprint density at radius 1 is 1.22 bits per heavy atom. The molecule has 2 heterocycles. The molecular weight excluding hydrogens is 383 g/mol. The lowest BCUT2D eigenvalue weighted by Crippen LogP contribution is -2.26. The van der Waals surface area contributed by atoms with Crippen LogP contribution in [0.1, 0.15) is 17.1 Å². The van der Waals surface area contributed by atoms with Crippen LogP contribution < -0.4 is 5.32 Å². The molecule has 0 aliphatic heterocycles. The third-order valence-electron chi connectivity index (χ3n) is 3.58. The third kappa shape index (κ3) is 4.82. The first-order chi connectivity index (χ1) is 12.8. The highest BCUT2D eigenvalue weighted by molar-refractivity contribution is 6.30. The first kappa shape index (κ1) is 18.8. The zero-order chi connectivity index (χ0) is 19.4. The summed E-state index contributed by atoms with van der Waals surface area (Å²) in [7, 11) is 0. The Labute approximate surface area is 157 Å². The lowest BCUT2D eigenvalue weighted by molar-refractivity contribution is -0.141. The van der Waals surface area contributed by atoms with E-state index in [-0.39, 0.29) is 24.6 Å². The summed E-state index contributed by atoms with van der Waals surface area (Å²) in [6, 6.07) is 8.74. The van der Waals surface area contributed by atoms with Gasteiger partial charge in [0.1, 0.15) is 6.33 Å². The highest BCUT2D eigenvalue weighted by atomic mass is 35.5. The van der Waals surface area contributed by atoms with Gasteiger partial charge in [0.2, 0.25) is 5.91 Å². The van der Waals surface area contributed by atoms with Gasteiger partial charge in [-0.05, 0) is 30.3 Å². The molecule has 1 amide bonds. The molecule has 10 heteroatoms. The molecule has 0 aliphatic carbocycles. The van der Waals surface area contributed by atoms with E-state index in [0.29, 0.717) is 16.4 Å². The standard InChI is InChI=1S/C17H13ClF3N5O/c18-11-2-1-3-13(6-11)26-14(8-15(25-26)17(19,20)21)9-23-16(27)7-12-4-5-22-10-24-12/h1-6,8,10H,7,9H2,(H,23,27). The van der Waals surface area contributed by atoms with E-state index in [0.717, 1.165) is 10.7 Å². The summed E-state index contributed by atoms with van der Waals surface area (Å²) in [5.41, 5.74) is -0.0250. The monoisotopic (exact) mass is 395 g/mol. The molecule has 0 saturated carbocycles. The Kier molecular flexibility index (Phi) is 5.41. The SMILES string of the molecule is O=C(Cc1ccncn1)NCc1cc(C(F)(F)F)nn1-c1cccc(Cl)c1. The largest absolute Gasteiger partial charge is 0.435 e. The minimum absolute atomic E-state index is 0.0139. The maximum Gasteiger partial charge on any atom is 0.435 e. The minimum Gasteiger partial charge on any atom is -0.350 e. The van der Waals surface area contributed by atoms with E-state index in [1.54, 1.807) is 24.3 Å². The van der Waals surface area contributed by atoms with Crippen LogP contribution in [-0.2, 0) is 23.9 Å². The van der Waals surface area contributed by atoms with Gasteiger partial charge in [-0.3, -0.25) is 4.79 Å². The number of halogens is 4. The summed E-state index contributed by atoms with van der Waals surface area (Å²) in [5, 5.41) is 6.55. The number of nitrogens with one attached hydrogen (secondary N) is 1. The van der Waals surface area contributed by atoms with Crippen molar-refractivity contribution in [2.24, 2.45) is 0 Å². The van der Waals surface area contributed by atoms with Gasteiger partial charge in [-0.1, -0.05) is 17.7 Å². The Bertz CT molecular complexity index is 943. The zero-order valence-electron chi connectivity index (χ0n) is 13.7. The van der Waals surface area contributed by atoms with E-state index in [2.05, 4.69) is 20.4 Å². The van der Waals surface area contributed by atoms with Crippen LogP contribution in [0.25, 0.3) is 5.69 Å². The molecule has 6 nitrogen and oxygen atoms in total. The average molecular weight is 396 g/mol. The van der Waals surface area contributed by atoms with Gasteiger partial charge in [-0.25, -0.2) is 14.6 Å². The summed E-state index contributed by atoms with van der Waals surface area (Å²) >= 11 is 5.92. The van der Waals surface area contributed by atoms with Gasteiger partial charge in [-0.15, -0.1) is 0 Å². The number of hydrogen-bond acceptors (Lipinski definition) is 4. The third-order valence-corrected chi connectivity index (χ3v) is 3.81. The summed E-state index contributed by atoms with van der Waals surface area (Å²) in [4.78, 5) is 19.7. The maximum atomic E-state index is 13.1. The lowest BCUT2D eigenvalue weighted by atomic mass is 10.2. The molecule has 1 N–H and O–H groups in total. The predicted octanol–water partition coefficient (Wildman–Crippen LogP) is 3.19. The van der Waals surface area contributed by atoms with Crippen molar-refractivity contribution in [2.45, 2.75) is 19.1 Å². The van der Waals surface area contributed by atoms with Crippen molar-refractivity contribution in [3.05, 3.63) is 71.0 Å². The summed E-state index contributed by atoms with van der Waals surface area (Å²) < 4.78 is 40.3. The van der Waals surface area contributed by atoms with Gasteiger partial charge in [0, 0.05) is 11.2 Å². The van der Waals surface area contributed by atoms with Gasteiger partial charge < -0.3 is 5.32 Å². The second-order valence-electron chi connectivity index (χ2n) is 5.56. The Hall–Kier alpha value is -2.94. The summed E-state index contributed by atoms with van der Waals surface area (Å²) in [5.74, 6) is -0.388. The fourth-order valence-corrected chi connectivity index (χ4v) is 2.54. The van der Waals surface area contributed by atoms with Crippen LogP contribution in [0.3, 0.4) is 0 Å². The summed E-state index contributed by atoms with van der Waals surface area (Å²) in [6.45, 7) is -0.139. The van der Waals surface area contributed by atoms with Gasteiger partial charge in [0.15, 0.2) is 5.69 Å². The second-order valence-corrected chi connectivity index (χ2v) is 6.00. The summed E-state index contributed by atoms with van der Waals surface area (Å²) in [6.07, 6.45) is -1.81. The molecule has 1 aromatic carbocycles. The number of aromatic nitrogens is 4. The van der Waals surface area contributed by atoms with E-state index in [4.69, 9.17) is 11.6 Å². The van der Waals surface area contributed by atoms with Crippen molar-refractivity contribution in [1.29, 1.82) is 0 Å². The maximum absolute atomic E-state index is 13.1. The van der Waals surface area contributed by atoms with Crippen LogP contribution in [0.5, 0.6) is 0 Å². The van der Waals surface area contributed by atoms with E-state index in [9.17, 15) is 18.0 Å². The van der Waals surface area contributed by atoms with Crippen molar-refractivity contribution in [2.75, 3.05) is 0 Å². The number of nitrogens with zero attached hydrogens (tertiary/aromatic N) is 4. The quantitative estimate of drug-likeness (QED) is 0.720. The predicted molar refractivity (Wildman–Crippen MR) is 91.2 cm³/mol. The van der Waals surface area contributed by atoms with Crippen LogP contribution in [0.15, 0.2) is 48.9 Å². The lowest BCUT2D eigenvalue weighted by Gasteiger charge is -2.09. The number of alkyl halides is 3. The van der Waals surface area contributed by atoms with Crippen molar-refractivity contribution in [1.82, 2.24) is 25.1 Å². The number of amides is 1. The first-order valence-corrected chi connectivity index (χ1v) is 8.14. The van der Waals surface area contributed by atoms with Crippen molar-refractivity contribution in [3.63, 3.8) is 0 Å².